The highest BCUT2D eigenvalue weighted by atomic mass is 19.1. The van der Waals surface area contributed by atoms with E-state index in [9.17, 15) is 9.18 Å². The predicted molar refractivity (Wildman–Crippen MR) is 73.7 cm³/mol. The zero-order valence-corrected chi connectivity index (χ0v) is 10.6. The van der Waals surface area contributed by atoms with Gasteiger partial charge in [-0.05, 0) is 35.9 Å². The van der Waals surface area contributed by atoms with E-state index >= 15 is 0 Å². The molecule has 0 aliphatic rings. The summed E-state index contributed by atoms with van der Waals surface area (Å²) < 4.78 is 13.0. The van der Waals surface area contributed by atoms with Gasteiger partial charge in [0.15, 0.2) is 0 Å². The van der Waals surface area contributed by atoms with Crippen LogP contribution in [-0.4, -0.2) is 15.9 Å². The molecule has 1 amide bonds. The first-order valence-corrected chi connectivity index (χ1v) is 6.18. The average Bonchev–Trinajstić information content (AvgIpc) is 2.92. The number of hydrogen-bond donors (Lipinski definition) is 2. The Morgan fingerprint density at radius 3 is 3.00 bits per heavy atom. The fraction of sp³-hybridized carbons (Fsp3) is 0.0667. The molecule has 0 saturated carbocycles. The number of carbonyl (C=O) groups excluding carboxylic acids is 1. The van der Waals surface area contributed by atoms with Crippen LogP contribution < -0.4 is 5.32 Å². The molecule has 0 aliphatic heterocycles. The molecule has 100 valence electrons. The number of nitrogens with one attached hydrogen (secondary N) is 2. The number of carbonyl (C=O) groups is 1. The maximum atomic E-state index is 13.0. The van der Waals surface area contributed by atoms with E-state index in [4.69, 9.17) is 0 Å². The summed E-state index contributed by atoms with van der Waals surface area (Å²) in [7, 11) is 0. The molecule has 0 unspecified atom stereocenters. The largest absolute Gasteiger partial charge is 0.348 e. The van der Waals surface area contributed by atoms with Gasteiger partial charge in [-0.3, -0.25) is 4.79 Å². The Morgan fingerprint density at radius 2 is 2.15 bits per heavy atom. The predicted octanol–water partition coefficient (Wildman–Crippen LogP) is 2.63. The highest BCUT2D eigenvalue weighted by Gasteiger charge is 2.07. The summed E-state index contributed by atoms with van der Waals surface area (Å²) in [6.07, 6.45) is 1.58. The molecule has 0 spiro atoms. The first-order chi connectivity index (χ1) is 9.72. The molecule has 2 aromatic carbocycles. The van der Waals surface area contributed by atoms with Crippen LogP contribution in [0.3, 0.4) is 0 Å². The van der Waals surface area contributed by atoms with Crippen molar-refractivity contribution in [3.8, 4) is 0 Å². The second-order valence-electron chi connectivity index (χ2n) is 4.45. The molecule has 20 heavy (non-hydrogen) atoms. The van der Waals surface area contributed by atoms with Crippen LogP contribution >= 0.6 is 0 Å². The molecule has 1 heterocycles. The van der Waals surface area contributed by atoms with Crippen molar-refractivity contribution in [3.63, 3.8) is 0 Å². The van der Waals surface area contributed by atoms with Crippen LogP contribution in [0.25, 0.3) is 11.0 Å². The topological polar surface area (TPSA) is 57.8 Å². The van der Waals surface area contributed by atoms with Crippen molar-refractivity contribution in [2.24, 2.45) is 0 Å². The first-order valence-electron chi connectivity index (χ1n) is 6.18. The number of amides is 1. The normalized spacial score (nSPS) is 10.7. The second-order valence-corrected chi connectivity index (χ2v) is 4.45. The fourth-order valence-corrected chi connectivity index (χ4v) is 2.01. The zero-order valence-electron chi connectivity index (χ0n) is 10.6. The third kappa shape index (κ3) is 2.51. The minimum Gasteiger partial charge on any atom is -0.348 e. The number of nitrogens with zero attached hydrogens (tertiary/aromatic N) is 1. The van der Waals surface area contributed by atoms with Gasteiger partial charge in [-0.15, -0.1) is 0 Å². The number of benzene rings is 2. The molecule has 0 radical (unpaired) electrons. The lowest BCUT2D eigenvalue weighted by molar-refractivity contribution is 0.0951. The van der Waals surface area contributed by atoms with E-state index in [1.807, 2.05) is 0 Å². The summed E-state index contributed by atoms with van der Waals surface area (Å²) in [5.74, 6) is -0.513. The molecule has 5 heteroatoms. The molecule has 2 N–H and O–H groups in total. The molecule has 1 aromatic heterocycles. The molecule has 0 aliphatic carbocycles. The standard InChI is InChI=1S/C15H12FN3O/c16-12-3-1-2-10(6-12)8-17-15(20)11-4-5-13-14(7-11)19-9-18-13/h1-7,9H,8H2,(H,17,20)(H,18,19). The van der Waals surface area contributed by atoms with Crippen LogP contribution in [0.15, 0.2) is 48.8 Å². The number of aromatic amines is 1. The van der Waals surface area contributed by atoms with Gasteiger partial charge in [0.2, 0.25) is 0 Å². The van der Waals surface area contributed by atoms with Gasteiger partial charge in [0.1, 0.15) is 5.82 Å². The first kappa shape index (κ1) is 12.3. The van der Waals surface area contributed by atoms with Crippen molar-refractivity contribution < 1.29 is 9.18 Å². The number of hydrogen-bond acceptors (Lipinski definition) is 2. The summed E-state index contributed by atoms with van der Waals surface area (Å²) >= 11 is 0. The number of aromatic nitrogens is 2. The average molecular weight is 269 g/mol. The molecule has 4 nitrogen and oxygen atoms in total. The summed E-state index contributed by atoms with van der Waals surface area (Å²) in [6.45, 7) is 0.289. The van der Waals surface area contributed by atoms with E-state index in [1.165, 1.54) is 12.1 Å². The van der Waals surface area contributed by atoms with Crippen molar-refractivity contribution in [1.29, 1.82) is 0 Å². The van der Waals surface area contributed by atoms with Crippen LogP contribution in [-0.2, 0) is 6.54 Å². The van der Waals surface area contributed by atoms with Crippen molar-refractivity contribution in [2.45, 2.75) is 6.54 Å². The van der Waals surface area contributed by atoms with Crippen LogP contribution in [0.1, 0.15) is 15.9 Å². The fourth-order valence-electron chi connectivity index (χ4n) is 2.01. The lowest BCUT2D eigenvalue weighted by Gasteiger charge is -2.05. The molecule has 0 atom stereocenters. The maximum Gasteiger partial charge on any atom is 0.251 e. The monoisotopic (exact) mass is 269 g/mol. The van der Waals surface area contributed by atoms with Crippen LogP contribution in [0.5, 0.6) is 0 Å². The van der Waals surface area contributed by atoms with Crippen LogP contribution in [0.2, 0.25) is 0 Å². The Labute approximate surface area is 114 Å². The number of imidazole rings is 1. The SMILES string of the molecule is O=C(NCc1cccc(F)c1)c1ccc2nc[nH]c2c1. The van der Waals surface area contributed by atoms with Gasteiger partial charge in [0.05, 0.1) is 17.4 Å². The Morgan fingerprint density at radius 1 is 1.25 bits per heavy atom. The van der Waals surface area contributed by atoms with Gasteiger partial charge in [0, 0.05) is 12.1 Å². The third-order valence-corrected chi connectivity index (χ3v) is 3.02. The van der Waals surface area contributed by atoms with E-state index in [0.29, 0.717) is 5.56 Å². The van der Waals surface area contributed by atoms with Gasteiger partial charge >= 0.3 is 0 Å². The van der Waals surface area contributed by atoms with Crippen molar-refractivity contribution in [1.82, 2.24) is 15.3 Å². The summed E-state index contributed by atoms with van der Waals surface area (Å²) in [6, 6.07) is 11.4. The highest BCUT2D eigenvalue weighted by molar-refractivity contribution is 5.97. The van der Waals surface area contributed by atoms with Gasteiger partial charge in [0.25, 0.3) is 5.91 Å². The second kappa shape index (κ2) is 5.13. The molecular weight excluding hydrogens is 257 g/mol. The molecule has 3 rings (SSSR count). The number of halogens is 1. The highest BCUT2D eigenvalue weighted by Crippen LogP contribution is 2.11. The van der Waals surface area contributed by atoms with Crippen molar-refractivity contribution in [2.75, 3.05) is 0 Å². The quantitative estimate of drug-likeness (QED) is 0.768. The minimum absolute atomic E-state index is 0.203. The van der Waals surface area contributed by atoms with E-state index < -0.39 is 0 Å². The maximum absolute atomic E-state index is 13.0. The number of H-pyrrole nitrogens is 1. The Kier molecular flexibility index (Phi) is 3.16. The summed E-state index contributed by atoms with van der Waals surface area (Å²) in [5, 5.41) is 2.76. The molecule has 0 bridgehead atoms. The van der Waals surface area contributed by atoms with Gasteiger partial charge in [-0.25, -0.2) is 9.37 Å². The Bertz CT molecular complexity index is 766. The van der Waals surface area contributed by atoms with Gasteiger partial charge < -0.3 is 10.3 Å². The molecule has 0 fully saturated rings. The lowest BCUT2D eigenvalue weighted by Crippen LogP contribution is -2.22. The van der Waals surface area contributed by atoms with E-state index in [0.717, 1.165) is 16.6 Å². The van der Waals surface area contributed by atoms with Crippen LogP contribution in [0.4, 0.5) is 4.39 Å². The number of rotatable bonds is 3. The zero-order chi connectivity index (χ0) is 13.9. The van der Waals surface area contributed by atoms with Crippen molar-refractivity contribution >= 4 is 16.9 Å². The van der Waals surface area contributed by atoms with E-state index in [1.54, 1.807) is 36.7 Å². The minimum atomic E-state index is -0.310. The summed E-state index contributed by atoms with van der Waals surface area (Å²) in [4.78, 5) is 19.1. The van der Waals surface area contributed by atoms with E-state index in [2.05, 4.69) is 15.3 Å². The van der Waals surface area contributed by atoms with Crippen molar-refractivity contribution in [3.05, 3.63) is 65.7 Å². The molecule has 0 saturated heterocycles. The summed E-state index contributed by atoms with van der Waals surface area (Å²) in [5.41, 5.74) is 2.88. The van der Waals surface area contributed by atoms with Crippen LogP contribution in [0, 0.1) is 5.82 Å². The lowest BCUT2D eigenvalue weighted by atomic mass is 10.1. The van der Waals surface area contributed by atoms with Gasteiger partial charge in [-0.1, -0.05) is 12.1 Å². The molecule has 3 aromatic rings. The number of fused-ring (bicyclic) bond motifs is 1. The Hall–Kier alpha value is -2.69. The third-order valence-electron chi connectivity index (χ3n) is 3.02. The van der Waals surface area contributed by atoms with Gasteiger partial charge in [-0.2, -0.15) is 0 Å². The van der Waals surface area contributed by atoms with E-state index in [-0.39, 0.29) is 18.3 Å². The molecular formula is C15H12FN3O. The smallest absolute Gasteiger partial charge is 0.251 e. The Balaban J connectivity index is 1.72.